The summed E-state index contributed by atoms with van der Waals surface area (Å²) in [6, 6.07) is 0.599. The van der Waals surface area contributed by atoms with E-state index < -0.39 is 0 Å². The average Bonchev–Trinajstić information content (AvgIpc) is 2.29. The molecule has 1 nitrogen and oxygen atoms in total. The zero-order valence-corrected chi connectivity index (χ0v) is 12.1. The fourth-order valence-corrected chi connectivity index (χ4v) is 2.40. The van der Waals surface area contributed by atoms with Crippen LogP contribution in [0.3, 0.4) is 0 Å². The van der Waals surface area contributed by atoms with Crippen LogP contribution in [0.2, 0.25) is 0 Å². The predicted molar refractivity (Wildman–Crippen MR) is 77.2 cm³/mol. The van der Waals surface area contributed by atoms with E-state index in [4.69, 9.17) is 0 Å². The molecule has 0 aromatic rings. The Morgan fingerprint density at radius 1 is 1.29 bits per heavy atom. The molecule has 1 heteroatoms. The van der Waals surface area contributed by atoms with Crippen molar-refractivity contribution in [3.63, 3.8) is 0 Å². The lowest BCUT2D eigenvalue weighted by molar-refractivity contribution is 0.481. The number of nitrogens with one attached hydrogen (secondary N) is 1. The van der Waals surface area contributed by atoms with Crippen molar-refractivity contribution in [3.05, 3.63) is 23.3 Å². The van der Waals surface area contributed by atoms with E-state index in [1.807, 2.05) is 0 Å². The molecular formula is C16H29N. The molecule has 0 spiro atoms. The second kappa shape index (κ2) is 7.71. The van der Waals surface area contributed by atoms with Gasteiger partial charge >= 0.3 is 0 Å². The molecule has 0 radical (unpaired) electrons. The molecule has 0 aliphatic heterocycles. The van der Waals surface area contributed by atoms with E-state index in [1.165, 1.54) is 32.1 Å². The van der Waals surface area contributed by atoms with Gasteiger partial charge in [0, 0.05) is 6.04 Å². The molecular weight excluding hydrogens is 206 g/mol. The molecule has 0 amide bonds. The molecule has 0 saturated carbocycles. The molecule has 0 fully saturated rings. The first kappa shape index (κ1) is 14.5. The van der Waals surface area contributed by atoms with Crippen LogP contribution >= 0.6 is 0 Å². The maximum Gasteiger partial charge on any atom is 0.00792 e. The van der Waals surface area contributed by atoms with Gasteiger partial charge in [-0.2, -0.15) is 0 Å². The molecule has 1 aliphatic carbocycles. The van der Waals surface area contributed by atoms with Crippen molar-refractivity contribution in [1.82, 2.24) is 5.32 Å². The maximum absolute atomic E-state index is 3.62. The molecule has 1 rings (SSSR count). The topological polar surface area (TPSA) is 12.0 Å². The lowest BCUT2D eigenvalue weighted by Gasteiger charge is -2.21. The van der Waals surface area contributed by atoms with Crippen molar-refractivity contribution in [2.75, 3.05) is 6.54 Å². The third-order valence-corrected chi connectivity index (χ3v) is 3.34. The molecule has 1 atom stereocenters. The Bertz CT molecular complexity index is 273. The molecule has 1 N–H and O–H groups in total. The van der Waals surface area contributed by atoms with Crippen molar-refractivity contribution >= 4 is 0 Å². The van der Waals surface area contributed by atoms with Gasteiger partial charge in [-0.1, -0.05) is 44.9 Å². The van der Waals surface area contributed by atoms with Crippen LogP contribution in [0.25, 0.3) is 0 Å². The van der Waals surface area contributed by atoms with Crippen molar-refractivity contribution < 1.29 is 0 Å². The van der Waals surface area contributed by atoms with Gasteiger partial charge in [0.05, 0.1) is 0 Å². The normalized spacial score (nSPS) is 17.9. The first-order chi connectivity index (χ1) is 8.13. The molecule has 0 aromatic carbocycles. The molecule has 0 bridgehead atoms. The molecule has 1 unspecified atom stereocenters. The number of hydrogen-bond donors (Lipinski definition) is 1. The van der Waals surface area contributed by atoms with Gasteiger partial charge in [0.1, 0.15) is 0 Å². The molecule has 0 saturated heterocycles. The van der Waals surface area contributed by atoms with E-state index in [9.17, 15) is 0 Å². The highest BCUT2D eigenvalue weighted by atomic mass is 14.9. The molecule has 0 heterocycles. The summed E-state index contributed by atoms with van der Waals surface area (Å²) in [7, 11) is 0. The second-order valence-corrected chi connectivity index (χ2v) is 5.73. The summed E-state index contributed by atoms with van der Waals surface area (Å²) >= 11 is 0. The minimum absolute atomic E-state index is 0.599. The zero-order chi connectivity index (χ0) is 12.7. The van der Waals surface area contributed by atoms with Gasteiger partial charge in [-0.05, 0) is 50.6 Å². The summed E-state index contributed by atoms with van der Waals surface area (Å²) in [5.74, 6) is 0.739. The van der Waals surface area contributed by atoms with Gasteiger partial charge in [-0.15, -0.1) is 0 Å². The van der Waals surface area contributed by atoms with Crippen LogP contribution in [0.4, 0.5) is 0 Å². The summed E-state index contributed by atoms with van der Waals surface area (Å²) < 4.78 is 0. The van der Waals surface area contributed by atoms with Crippen LogP contribution in [0.15, 0.2) is 23.3 Å². The number of rotatable bonds is 7. The lowest BCUT2D eigenvalue weighted by atomic mass is 9.90. The van der Waals surface area contributed by atoms with Crippen LogP contribution in [0.1, 0.15) is 59.8 Å². The Kier molecular flexibility index (Phi) is 6.57. The standard InChI is InChI=1S/C16H29N/c1-5-8-15-9-6-7-10-16(15)11-14(4)17-12-13(2)3/h7,10,13-14,17H,5-6,8-9,11-12H2,1-4H3. The summed E-state index contributed by atoms with van der Waals surface area (Å²) in [6.07, 6.45) is 11.0. The van der Waals surface area contributed by atoms with Crippen LogP contribution in [0.5, 0.6) is 0 Å². The molecule has 1 aliphatic rings. The third-order valence-electron chi connectivity index (χ3n) is 3.34. The van der Waals surface area contributed by atoms with E-state index in [1.54, 1.807) is 11.1 Å². The Balaban J connectivity index is 2.49. The van der Waals surface area contributed by atoms with Crippen molar-refractivity contribution in [1.29, 1.82) is 0 Å². The highest BCUT2D eigenvalue weighted by Crippen LogP contribution is 2.26. The quantitative estimate of drug-likeness (QED) is 0.687. The van der Waals surface area contributed by atoms with Gasteiger partial charge in [0.2, 0.25) is 0 Å². The lowest BCUT2D eigenvalue weighted by Crippen LogP contribution is -2.30. The Hall–Kier alpha value is -0.560. The van der Waals surface area contributed by atoms with E-state index in [0.717, 1.165) is 12.5 Å². The summed E-state index contributed by atoms with van der Waals surface area (Å²) in [5.41, 5.74) is 3.30. The highest BCUT2D eigenvalue weighted by Gasteiger charge is 2.11. The number of hydrogen-bond acceptors (Lipinski definition) is 1. The van der Waals surface area contributed by atoms with Crippen molar-refractivity contribution in [2.24, 2.45) is 5.92 Å². The Labute approximate surface area is 107 Å². The predicted octanol–water partition coefficient (Wildman–Crippen LogP) is 4.46. The average molecular weight is 235 g/mol. The van der Waals surface area contributed by atoms with Gasteiger partial charge in [0.25, 0.3) is 0 Å². The van der Waals surface area contributed by atoms with Crippen LogP contribution in [0, 0.1) is 5.92 Å². The van der Waals surface area contributed by atoms with E-state index >= 15 is 0 Å². The highest BCUT2D eigenvalue weighted by molar-refractivity contribution is 5.30. The molecule has 0 aromatic heterocycles. The summed E-state index contributed by atoms with van der Waals surface area (Å²) in [6.45, 7) is 10.2. The first-order valence-corrected chi connectivity index (χ1v) is 7.24. The fraction of sp³-hybridized carbons (Fsp3) is 0.750. The minimum atomic E-state index is 0.599. The van der Waals surface area contributed by atoms with Gasteiger partial charge in [0.15, 0.2) is 0 Å². The summed E-state index contributed by atoms with van der Waals surface area (Å²) in [5, 5.41) is 3.62. The largest absolute Gasteiger partial charge is 0.314 e. The number of allylic oxidation sites excluding steroid dienone is 3. The van der Waals surface area contributed by atoms with Crippen LogP contribution < -0.4 is 5.32 Å². The second-order valence-electron chi connectivity index (χ2n) is 5.73. The Morgan fingerprint density at radius 3 is 2.71 bits per heavy atom. The third kappa shape index (κ3) is 5.54. The van der Waals surface area contributed by atoms with E-state index in [2.05, 4.69) is 45.2 Å². The van der Waals surface area contributed by atoms with Crippen molar-refractivity contribution in [3.8, 4) is 0 Å². The van der Waals surface area contributed by atoms with E-state index in [-0.39, 0.29) is 0 Å². The van der Waals surface area contributed by atoms with Gasteiger partial charge in [-0.25, -0.2) is 0 Å². The summed E-state index contributed by atoms with van der Waals surface area (Å²) in [4.78, 5) is 0. The fourth-order valence-electron chi connectivity index (χ4n) is 2.40. The monoisotopic (exact) mass is 235 g/mol. The smallest absolute Gasteiger partial charge is 0.00792 e. The zero-order valence-electron chi connectivity index (χ0n) is 12.1. The maximum atomic E-state index is 3.62. The van der Waals surface area contributed by atoms with Gasteiger partial charge in [-0.3, -0.25) is 0 Å². The van der Waals surface area contributed by atoms with Crippen LogP contribution in [-0.2, 0) is 0 Å². The molecule has 17 heavy (non-hydrogen) atoms. The van der Waals surface area contributed by atoms with Crippen LogP contribution in [-0.4, -0.2) is 12.6 Å². The van der Waals surface area contributed by atoms with Gasteiger partial charge < -0.3 is 5.32 Å². The van der Waals surface area contributed by atoms with E-state index in [0.29, 0.717) is 6.04 Å². The van der Waals surface area contributed by atoms with Crippen molar-refractivity contribution in [2.45, 2.75) is 65.8 Å². The minimum Gasteiger partial charge on any atom is -0.314 e. The molecule has 98 valence electrons. The Morgan fingerprint density at radius 2 is 2.06 bits per heavy atom. The first-order valence-electron chi connectivity index (χ1n) is 7.24. The SMILES string of the molecule is CCCC1=C(CC(C)NCC(C)C)C=CCC1.